The second kappa shape index (κ2) is 4.10. The highest BCUT2D eigenvalue weighted by Gasteiger charge is 2.25. The molecule has 0 aromatic heterocycles. The largest absolute Gasteiger partial charge is 0.382 e. The highest BCUT2D eigenvalue weighted by atomic mass is 16.3. The van der Waals surface area contributed by atoms with Gasteiger partial charge in [0.1, 0.15) is 5.60 Å². The lowest BCUT2D eigenvalue weighted by molar-refractivity contribution is 0.116. The Hall–Kier alpha value is -0.560. The van der Waals surface area contributed by atoms with Crippen LogP contribution in [-0.2, 0) is 0 Å². The van der Waals surface area contributed by atoms with Gasteiger partial charge in [0.15, 0.2) is 0 Å². The summed E-state index contributed by atoms with van der Waals surface area (Å²) >= 11 is 0. The highest BCUT2D eigenvalue weighted by molar-refractivity contribution is 5.19. The van der Waals surface area contributed by atoms with Gasteiger partial charge in [-0.25, -0.2) is 0 Å². The fourth-order valence-electron chi connectivity index (χ4n) is 1.86. The van der Waals surface area contributed by atoms with Gasteiger partial charge in [-0.2, -0.15) is 0 Å². The van der Waals surface area contributed by atoms with Crippen LogP contribution in [0.4, 0.5) is 0 Å². The average molecular weight is 180 g/mol. The molecule has 0 fully saturated rings. The van der Waals surface area contributed by atoms with Gasteiger partial charge in [0.25, 0.3) is 0 Å². The van der Waals surface area contributed by atoms with E-state index in [2.05, 4.69) is 13.0 Å². The van der Waals surface area contributed by atoms with Crippen LogP contribution in [0.3, 0.4) is 0 Å². The molecule has 74 valence electrons. The van der Waals surface area contributed by atoms with Crippen molar-refractivity contribution in [2.24, 2.45) is 5.92 Å². The van der Waals surface area contributed by atoms with Crippen LogP contribution in [0.1, 0.15) is 40.0 Å². The standard InChI is InChI=1S/C12H20O/c1-4-11-5-7-12(13,8-6-11)9-10(2)3/h5,7,9,11,13H,4,6,8H2,1-3H3. The van der Waals surface area contributed by atoms with Crippen LogP contribution in [0.25, 0.3) is 0 Å². The van der Waals surface area contributed by atoms with Gasteiger partial charge in [-0.1, -0.05) is 30.7 Å². The predicted molar refractivity (Wildman–Crippen MR) is 56.5 cm³/mol. The van der Waals surface area contributed by atoms with Gasteiger partial charge >= 0.3 is 0 Å². The summed E-state index contributed by atoms with van der Waals surface area (Å²) in [5.41, 5.74) is 0.520. The van der Waals surface area contributed by atoms with Crippen molar-refractivity contribution in [3.8, 4) is 0 Å². The summed E-state index contributed by atoms with van der Waals surface area (Å²) in [6, 6.07) is 0. The molecule has 0 saturated heterocycles. The van der Waals surface area contributed by atoms with Crippen LogP contribution >= 0.6 is 0 Å². The van der Waals surface area contributed by atoms with Crippen LogP contribution < -0.4 is 0 Å². The molecule has 0 aromatic carbocycles. The van der Waals surface area contributed by atoms with Crippen molar-refractivity contribution in [1.29, 1.82) is 0 Å². The molecular formula is C12H20O. The molecule has 0 heterocycles. The molecule has 0 aliphatic heterocycles. The fourth-order valence-corrected chi connectivity index (χ4v) is 1.86. The highest BCUT2D eigenvalue weighted by Crippen LogP contribution is 2.29. The van der Waals surface area contributed by atoms with Gasteiger partial charge in [-0.05, 0) is 39.0 Å². The number of allylic oxidation sites excluding steroid dienone is 2. The summed E-state index contributed by atoms with van der Waals surface area (Å²) < 4.78 is 0. The Labute approximate surface area is 81.2 Å². The molecule has 0 amide bonds. The molecule has 1 nitrogen and oxygen atoms in total. The van der Waals surface area contributed by atoms with E-state index in [1.807, 2.05) is 26.0 Å². The summed E-state index contributed by atoms with van der Waals surface area (Å²) in [5.74, 6) is 0.672. The van der Waals surface area contributed by atoms with E-state index >= 15 is 0 Å². The van der Waals surface area contributed by atoms with Crippen molar-refractivity contribution in [2.45, 2.75) is 45.6 Å². The molecular weight excluding hydrogens is 160 g/mol. The van der Waals surface area contributed by atoms with Crippen molar-refractivity contribution >= 4 is 0 Å². The zero-order valence-corrected chi connectivity index (χ0v) is 8.88. The van der Waals surface area contributed by atoms with E-state index in [9.17, 15) is 5.11 Å². The Bertz CT molecular complexity index is 223. The third-order valence-electron chi connectivity index (χ3n) is 2.64. The first-order valence-corrected chi connectivity index (χ1v) is 5.13. The molecule has 2 atom stereocenters. The first-order chi connectivity index (χ1) is 6.06. The summed E-state index contributed by atoms with van der Waals surface area (Å²) in [7, 11) is 0. The van der Waals surface area contributed by atoms with Gasteiger partial charge in [0.05, 0.1) is 0 Å². The Morgan fingerprint density at radius 2 is 2.31 bits per heavy atom. The Morgan fingerprint density at radius 3 is 2.69 bits per heavy atom. The number of hydrogen-bond donors (Lipinski definition) is 1. The van der Waals surface area contributed by atoms with Crippen molar-refractivity contribution in [3.05, 3.63) is 23.8 Å². The van der Waals surface area contributed by atoms with Gasteiger partial charge in [-0.3, -0.25) is 0 Å². The summed E-state index contributed by atoms with van der Waals surface area (Å²) in [6.07, 6.45) is 9.22. The third-order valence-corrected chi connectivity index (χ3v) is 2.64. The lowest BCUT2D eigenvalue weighted by Crippen LogP contribution is -2.27. The molecule has 0 bridgehead atoms. The van der Waals surface area contributed by atoms with E-state index in [1.165, 1.54) is 12.0 Å². The van der Waals surface area contributed by atoms with Gasteiger partial charge in [0.2, 0.25) is 0 Å². The number of rotatable bonds is 2. The molecule has 0 saturated carbocycles. The Morgan fingerprint density at radius 1 is 1.62 bits per heavy atom. The van der Waals surface area contributed by atoms with Crippen LogP contribution in [0.5, 0.6) is 0 Å². The first-order valence-electron chi connectivity index (χ1n) is 5.13. The Balaban J connectivity index is 2.69. The summed E-state index contributed by atoms with van der Waals surface area (Å²) in [4.78, 5) is 0. The third kappa shape index (κ3) is 3.00. The molecule has 13 heavy (non-hydrogen) atoms. The van der Waals surface area contributed by atoms with E-state index in [0.717, 1.165) is 12.8 Å². The maximum Gasteiger partial charge on any atom is 0.101 e. The SMILES string of the molecule is CCC1C=CC(O)(C=C(C)C)CC1. The predicted octanol–water partition coefficient (Wildman–Crippen LogP) is 3.06. The van der Waals surface area contributed by atoms with Crippen LogP contribution in [0.2, 0.25) is 0 Å². The smallest absolute Gasteiger partial charge is 0.101 e. The fraction of sp³-hybridized carbons (Fsp3) is 0.667. The first kappa shape index (κ1) is 10.5. The van der Waals surface area contributed by atoms with Gasteiger partial charge < -0.3 is 5.11 Å². The molecule has 1 aliphatic rings. The molecule has 1 aliphatic carbocycles. The molecule has 0 spiro atoms. The maximum atomic E-state index is 10.1. The normalized spacial score (nSPS) is 33.1. The quantitative estimate of drug-likeness (QED) is 0.647. The van der Waals surface area contributed by atoms with E-state index in [4.69, 9.17) is 0 Å². The van der Waals surface area contributed by atoms with E-state index in [1.54, 1.807) is 0 Å². The molecule has 2 unspecified atom stereocenters. The second-order valence-corrected chi connectivity index (χ2v) is 4.28. The molecule has 1 rings (SSSR count). The van der Waals surface area contributed by atoms with Crippen LogP contribution in [0, 0.1) is 5.92 Å². The van der Waals surface area contributed by atoms with Crippen molar-refractivity contribution in [2.75, 3.05) is 0 Å². The van der Waals surface area contributed by atoms with Crippen LogP contribution in [-0.4, -0.2) is 10.7 Å². The minimum atomic E-state index is -0.662. The summed E-state index contributed by atoms with van der Waals surface area (Å²) in [6.45, 7) is 6.25. The lowest BCUT2D eigenvalue weighted by Gasteiger charge is -2.28. The van der Waals surface area contributed by atoms with Crippen molar-refractivity contribution < 1.29 is 5.11 Å². The van der Waals surface area contributed by atoms with E-state index < -0.39 is 5.60 Å². The molecule has 0 aromatic rings. The average Bonchev–Trinajstić information content (AvgIpc) is 2.04. The van der Waals surface area contributed by atoms with Crippen molar-refractivity contribution in [3.63, 3.8) is 0 Å². The molecule has 1 N–H and O–H groups in total. The second-order valence-electron chi connectivity index (χ2n) is 4.28. The van der Waals surface area contributed by atoms with E-state index in [0.29, 0.717) is 5.92 Å². The molecule has 0 radical (unpaired) electrons. The molecule has 1 heteroatoms. The Kier molecular flexibility index (Phi) is 3.32. The minimum Gasteiger partial charge on any atom is -0.382 e. The minimum absolute atomic E-state index is 0.662. The van der Waals surface area contributed by atoms with Gasteiger partial charge in [0, 0.05) is 0 Å². The topological polar surface area (TPSA) is 20.2 Å². The number of hydrogen-bond acceptors (Lipinski definition) is 1. The van der Waals surface area contributed by atoms with Gasteiger partial charge in [-0.15, -0.1) is 0 Å². The summed E-state index contributed by atoms with van der Waals surface area (Å²) in [5, 5.41) is 10.1. The maximum absolute atomic E-state index is 10.1. The number of aliphatic hydroxyl groups is 1. The van der Waals surface area contributed by atoms with E-state index in [-0.39, 0.29) is 0 Å². The van der Waals surface area contributed by atoms with Crippen LogP contribution in [0.15, 0.2) is 23.8 Å². The monoisotopic (exact) mass is 180 g/mol. The lowest BCUT2D eigenvalue weighted by atomic mass is 9.83. The zero-order chi connectivity index (χ0) is 9.90. The zero-order valence-electron chi connectivity index (χ0n) is 8.88. The van der Waals surface area contributed by atoms with Crippen molar-refractivity contribution in [1.82, 2.24) is 0 Å².